The summed E-state index contributed by atoms with van der Waals surface area (Å²) in [5.74, 6) is 0.379. The minimum atomic E-state index is -3.36. The molecule has 0 aromatic carbocycles. The van der Waals surface area contributed by atoms with E-state index in [-0.39, 0.29) is 24.0 Å². The Balaban J connectivity index is 1.46. The van der Waals surface area contributed by atoms with Crippen LogP contribution in [0.5, 0.6) is 0 Å². The second-order valence-electron chi connectivity index (χ2n) is 6.69. The van der Waals surface area contributed by atoms with Crippen molar-refractivity contribution in [3.63, 3.8) is 0 Å². The van der Waals surface area contributed by atoms with E-state index in [9.17, 15) is 13.2 Å². The number of hydrogen-bond donors (Lipinski definition) is 3. The number of H-pyrrole nitrogens is 1. The SMILES string of the molecule is CS(=O)(=O)N[C@H]1[C@H](NC(=O)c2cc(C3CC3)[nH]n2)[C@@H]2CCO[C@@H]21. The Morgan fingerprint density at radius 3 is 2.83 bits per heavy atom. The third-order valence-electron chi connectivity index (χ3n) is 4.88. The zero-order valence-corrected chi connectivity index (χ0v) is 13.6. The molecule has 3 aliphatic rings. The number of amides is 1. The number of aromatic amines is 1. The summed E-state index contributed by atoms with van der Waals surface area (Å²) in [4.78, 5) is 12.4. The van der Waals surface area contributed by atoms with Gasteiger partial charge in [0.15, 0.2) is 0 Å². The molecule has 0 bridgehead atoms. The second-order valence-corrected chi connectivity index (χ2v) is 8.47. The summed E-state index contributed by atoms with van der Waals surface area (Å²) in [5.41, 5.74) is 1.35. The van der Waals surface area contributed by atoms with Gasteiger partial charge in [-0.05, 0) is 25.3 Å². The largest absolute Gasteiger partial charge is 0.376 e. The molecule has 1 saturated heterocycles. The molecule has 1 aromatic heterocycles. The Hall–Kier alpha value is -1.45. The normalized spacial score (nSPS) is 33.1. The lowest BCUT2D eigenvalue weighted by atomic mass is 9.72. The number of rotatable bonds is 5. The maximum atomic E-state index is 12.4. The molecule has 0 radical (unpaired) electrons. The van der Waals surface area contributed by atoms with Gasteiger partial charge in [-0.15, -0.1) is 0 Å². The first-order chi connectivity index (χ1) is 10.9. The minimum absolute atomic E-state index is 0.153. The van der Waals surface area contributed by atoms with E-state index in [2.05, 4.69) is 20.2 Å². The molecular formula is C14H20N4O4S. The van der Waals surface area contributed by atoms with Crippen molar-refractivity contribution in [1.82, 2.24) is 20.2 Å². The average molecular weight is 340 g/mol. The summed E-state index contributed by atoms with van der Waals surface area (Å²) in [5, 5.41) is 9.89. The zero-order valence-electron chi connectivity index (χ0n) is 12.8. The van der Waals surface area contributed by atoms with Gasteiger partial charge in [-0.1, -0.05) is 0 Å². The topological polar surface area (TPSA) is 113 Å². The van der Waals surface area contributed by atoms with Crippen LogP contribution in [0.25, 0.3) is 0 Å². The summed E-state index contributed by atoms with van der Waals surface area (Å²) in [6.45, 7) is 0.595. The first-order valence-corrected chi connectivity index (χ1v) is 9.76. The summed E-state index contributed by atoms with van der Waals surface area (Å²) >= 11 is 0. The Labute approximate surface area is 134 Å². The molecule has 1 amide bonds. The van der Waals surface area contributed by atoms with Crippen molar-refractivity contribution in [2.75, 3.05) is 12.9 Å². The summed E-state index contributed by atoms with van der Waals surface area (Å²) in [6.07, 6.45) is 4.05. The highest BCUT2D eigenvalue weighted by atomic mass is 32.2. The van der Waals surface area contributed by atoms with E-state index >= 15 is 0 Å². The average Bonchev–Trinajstić information content (AvgIpc) is 3.06. The van der Waals surface area contributed by atoms with E-state index < -0.39 is 16.1 Å². The number of nitrogens with one attached hydrogen (secondary N) is 3. The molecule has 4 atom stereocenters. The third-order valence-corrected chi connectivity index (χ3v) is 5.58. The highest BCUT2D eigenvalue weighted by Gasteiger charge is 2.55. The van der Waals surface area contributed by atoms with Crippen molar-refractivity contribution in [2.45, 2.75) is 43.4 Å². The molecule has 3 fully saturated rings. The second kappa shape index (κ2) is 5.29. The van der Waals surface area contributed by atoms with Gasteiger partial charge in [-0.25, -0.2) is 13.1 Å². The van der Waals surface area contributed by atoms with Crippen LogP contribution in [0.4, 0.5) is 0 Å². The predicted octanol–water partition coefficient (Wildman–Crippen LogP) is -0.278. The number of aromatic nitrogens is 2. The van der Waals surface area contributed by atoms with Crippen LogP contribution >= 0.6 is 0 Å². The van der Waals surface area contributed by atoms with E-state index in [4.69, 9.17) is 4.74 Å². The number of nitrogens with zero attached hydrogens (tertiary/aromatic N) is 1. The Morgan fingerprint density at radius 2 is 2.13 bits per heavy atom. The van der Waals surface area contributed by atoms with Crippen LogP contribution < -0.4 is 10.0 Å². The molecule has 2 aliphatic carbocycles. The van der Waals surface area contributed by atoms with Crippen LogP contribution in [0.3, 0.4) is 0 Å². The van der Waals surface area contributed by atoms with Crippen LogP contribution in [0.1, 0.15) is 41.4 Å². The molecule has 2 saturated carbocycles. The molecule has 126 valence electrons. The van der Waals surface area contributed by atoms with E-state index in [0.29, 0.717) is 18.2 Å². The molecule has 3 N–H and O–H groups in total. The maximum Gasteiger partial charge on any atom is 0.272 e. The molecule has 0 spiro atoms. The maximum absolute atomic E-state index is 12.4. The number of ether oxygens (including phenoxy) is 1. The highest BCUT2D eigenvalue weighted by molar-refractivity contribution is 7.88. The third kappa shape index (κ3) is 2.88. The lowest BCUT2D eigenvalue weighted by molar-refractivity contribution is -0.0194. The van der Waals surface area contributed by atoms with Crippen LogP contribution in [0, 0.1) is 5.92 Å². The fourth-order valence-electron chi connectivity index (χ4n) is 3.57. The summed E-state index contributed by atoms with van der Waals surface area (Å²) < 4.78 is 31.2. The number of fused-ring (bicyclic) bond motifs is 1. The van der Waals surface area contributed by atoms with Crippen LogP contribution in [0.15, 0.2) is 6.07 Å². The number of carbonyl (C=O) groups excluding carboxylic acids is 1. The molecule has 9 heteroatoms. The van der Waals surface area contributed by atoms with E-state index in [0.717, 1.165) is 31.2 Å². The van der Waals surface area contributed by atoms with Crippen molar-refractivity contribution in [3.8, 4) is 0 Å². The van der Waals surface area contributed by atoms with E-state index in [1.807, 2.05) is 0 Å². The fraction of sp³-hybridized carbons (Fsp3) is 0.714. The van der Waals surface area contributed by atoms with Gasteiger partial charge in [0, 0.05) is 24.1 Å². The van der Waals surface area contributed by atoms with Gasteiger partial charge in [0.05, 0.1) is 24.4 Å². The molecular weight excluding hydrogens is 320 g/mol. The van der Waals surface area contributed by atoms with Crippen LogP contribution in [0.2, 0.25) is 0 Å². The van der Waals surface area contributed by atoms with Crippen LogP contribution in [-0.2, 0) is 14.8 Å². The highest BCUT2D eigenvalue weighted by Crippen LogP contribution is 2.40. The van der Waals surface area contributed by atoms with Crippen molar-refractivity contribution in [3.05, 3.63) is 17.5 Å². The van der Waals surface area contributed by atoms with Gasteiger partial charge in [0.25, 0.3) is 5.91 Å². The van der Waals surface area contributed by atoms with Crippen molar-refractivity contribution < 1.29 is 17.9 Å². The smallest absolute Gasteiger partial charge is 0.272 e. The zero-order chi connectivity index (χ0) is 16.2. The minimum Gasteiger partial charge on any atom is -0.376 e. The molecule has 4 rings (SSSR count). The monoisotopic (exact) mass is 340 g/mol. The number of carbonyl (C=O) groups is 1. The summed E-state index contributed by atoms with van der Waals surface area (Å²) in [7, 11) is -3.36. The van der Waals surface area contributed by atoms with Gasteiger partial charge < -0.3 is 10.1 Å². The number of hydrogen-bond acceptors (Lipinski definition) is 5. The van der Waals surface area contributed by atoms with Gasteiger partial charge in [0.2, 0.25) is 10.0 Å². The van der Waals surface area contributed by atoms with Gasteiger partial charge >= 0.3 is 0 Å². The predicted molar refractivity (Wildman–Crippen MR) is 81.4 cm³/mol. The Kier molecular flexibility index (Phi) is 3.47. The fourth-order valence-corrected chi connectivity index (χ4v) is 4.35. The molecule has 1 aromatic rings. The lowest BCUT2D eigenvalue weighted by Gasteiger charge is -2.47. The number of sulfonamides is 1. The molecule has 2 heterocycles. The van der Waals surface area contributed by atoms with Crippen LogP contribution in [-0.4, -0.2) is 55.6 Å². The first-order valence-electron chi connectivity index (χ1n) is 7.87. The molecule has 8 nitrogen and oxygen atoms in total. The van der Waals surface area contributed by atoms with E-state index in [1.54, 1.807) is 6.07 Å². The Morgan fingerprint density at radius 1 is 1.35 bits per heavy atom. The molecule has 23 heavy (non-hydrogen) atoms. The van der Waals surface area contributed by atoms with Crippen molar-refractivity contribution in [2.24, 2.45) is 5.92 Å². The van der Waals surface area contributed by atoms with E-state index in [1.165, 1.54) is 0 Å². The van der Waals surface area contributed by atoms with Gasteiger partial charge in [-0.2, -0.15) is 5.10 Å². The standard InChI is InChI=1S/C14H20N4O4S/c1-23(20,21)18-12-11(8-4-5-22-13(8)12)15-14(19)10-6-9(16-17-10)7-2-3-7/h6-8,11-13,18H,2-5H2,1H3,(H,15,19)(H,16,17)/t8-,11+,12-,13-/m0/s1. The molecule has 1 aliphatic heterocycles. The van der Waals surface area contributed by atoms with Gasteiger partial charge in [-0.3, -0.25) is 9.89 Å². The van der Waals surface area contributed by atoms with Crippen molar-refractivity contribution in [1.29, 1.82) is 0 Å². The Bertz CT molecular complexity index is 727. The quantitative estimate of drug-likeness (QED) is 0.682. The van der Waals surface area contributed by atoms with Gasteiger partial charge in [0.1, 0.15) is 5.69 Å². The summed E-state index contributed by atoms with van der Waals surface area (Å²) in [6, 6.07) is 1.11. The molecule has 0 unspecified atom stereocenters. The lowest BCUT2D eigenvalue weighted by Crippen LogP contribution is -2.70. The van der Waals surface area contributed by atoms with Crippen molar-refractivity contribution >= 4 is 15.9 Å². The first kappa shape index (κ1) is 15.1.